The van der Waals surface area contributed by atoms with Crippen LogP contribution in [-0.4, -0.2) is 53.5 Å². The minimum atomic E-state index is -1.21. The van der Waals surface area contributed by atoms with Crippen LogP contribution in [0.3, 0.4) is 0 Å². The second kappa shape index (κ2) is 8.95. The van der Waals surface area contributed by atoms with Gasteiger partial charge >= 0.3 is 5.97 Å². The highest BCUT2D eigenvalue weighted by Crippen LogP contribution is 2.37. The van der Waals surface area contributed by atoms with E-state index in [0.29, 0.717) is 19.8 Å². The van der Waals surface area contributed by atoms with Crippen LogP contribution in [0.2, 0.25) is 0 Å². The average Bonchev–Trinajstić information content (AvgIpc) is 2.73. The maximum atomic E-state index is 12.8. The quantitative estimate of drug-likeness (QED) is 0.746. The molecule has 0 radical (unpaired) electrons. The topological polar surface area (TPSA) is 81.0 Å². The molecule has 1 unspecified atom stereocenters. The van der Waals surface area contributed by atoms with E-state index in [1.54, 1.807) is 0 Å². The van der Waals surface area contributed by atoms with Crippen molar-refractivity contribution in [2.75, 3.05) is 26.8 Å². The Kier molecular flexibility index (Phi) is 6.34. The number of fused-ring (bicyclic) bond motifs is 1. The molecule has 0 aliphatic carbocycles. The van der Waals surface area contributed by atoms with Gasteiger partial charge in [-0.2, -0.15) is 0 Å². The maximum Gasteiger partial charge on any atom is 0.341 e. The number of benzene rings is 1. The van der Waals surface area contributed by atoms with Crippen LogP contribution in [0.5, 0.6) is 5.75 Å². The number of likely N-dealkylation sites (N-methyl/N-ethyl adjacent to an activating group) is 1. The molecule has 2 aromatic rings. The lowest BCUT2D eigenvalue weighted by Crippen LogP contribution is -2.46. The smallest absolute Gasteiger partial charge is 0.341 e. The van der Waals surface area contributed by atoms with Gasteiger partial charge in [0.05, 0.1) is 30.6 Å². The molecule has 0 saturated carbocycles. The van der Waals surface area contributed by atoms with E-state index in [1.165, 1.54) is 17.8 Å². The van der Waals surface area contributed by atoms with Crippen molar-refractivity contribution in [1.29, 1.82) is 0 Å². The first-order valence-electron chi connectivity index (χ1n) is 11.8. The molecule has 1 saturated heterocycles. The van der Waals surface area contributed by atoms with Gasteiger partial charge in [0.2, 0.25) is 0 Å². The van der Waals surface area contributed by atoms with E-state index in [0.717, 1.165) is 34.0 Å². The van der Waals surface area contributed by atoms with Crippen molar-refractivity contribution in [3.8, 4) is 5.75 Å². The number of carboxylic acid groups (broad SMARTS) is 1. The van der Waals surface area contributed by atoms with Gasteiger partial charge < -0.3 is 24.0 Å². The Bertz CT molecular complexity index is 1300. The van der Waals surface area contributed by atoms with Gasteiger partial charge in [-0.25, -0.2) is 4.79 Å². The highest BCUT2D eigenvalue weighted by Gasteiger charge is 2.35. The molecule has 7 nitrogen and oxygen atoms in total. The van der Waals surface area contributed by atoms with E-state index < -0.39 is 11.4 Å². The van der Waals surface area contributed by atoms with E-state index in [-0.39, 0.29) is 23.1 Å². The largest absolute Gasteiger partial charge is 0.485 e. The zero-order chi connectivity index (χ0) is 24.8. The van der Waals surface area contributed by atoms with Crippen LogP contribution in [-0.2, 0) is 4.74 Å². The molecule has 1 aromatic carbocycles. The van der Waals surface area contributed by atoms with Gasteiger partial charge in [0, 0.05) is 36.3 Å². The Labute approximate surface area is 199 Å². The van der Waals surface area contributed by atoms with Gasteiger partial charge in [0.25, 0.3) is 0 Å². The lowest BCUT2D eigenvalue weighted by atomic mass is 9.84. The van der Waals surface area contributed by atoms with Gasteiger partial charge in [-0.1, -0.05) is 45.4 Å². The summed E-state index contributed by atoms with van der Waals surface area (Å²) in [5, 5.41) is 11.6. The molecule has 34 heavy (non-hydrogen) atoms. The van der Waals surface area contributed by atoms with Gasteiger partial charge in [-0.15, -0.1) is 0 Å². The summed E-state index contributed by atoms with van der Waals surface area (Å²) in [7, 11) is 2.03. The molecule has 2 aliphatic heterocycles. The molecule has 1 atom stereocenters. The summed E-state index contributed by atoms with van der Waals surface area (Å²) in [5.41, 5.74) is 1.95. The number of pyridine rings is 1. The molecule has 1 aromatic heterocycles. The summed E-state index contributed by atoms with van der Waals surface area (Å²) in [6.45, 7) is 12.5. The Morgan fingerprint density at radius 3 is 2.53 bits per heavy atom. The Balaban J connectivity index is 2.10. The van der Waals surface area contributed by atoms with Gasteiger partial charge in [-0.05, 0) is 24.8 Å². The fraction of sp³-hybridized carbons (Fsp3) is 0.481. The standard InChI is InChI=1S/C27H34N2O5/c1-7-16(2)24-18(9-8-10-22(24)34-17-14-33-15-17)25-20-11-21(30)19(26(31)32)12-29(20)23(13-28(25)6)27(3,4)5/h8-12,17,23H,7,13-15H2,1-6H3,(H,31,32)/b24-16?,25-18-. The second-order valence-electron chi connectivity index (χ2n) is 10.3. The Morgan fingerprint density at radius 1 is 1.26 bits per heavy atom. The molecule has 3 heterocycles. The molecule has 1 fully saturated rings. The fourth-order valence-corrected chi connectivity index (χ4v) is 4.73. The third-order valence-electron chi connectivity index (χ3n) is 6.86. The average molecular weight is 467 g/mol. The maximum absolute atomic E-state index is 12.8. The van der Waals surface area contributed by atoms with Gasteiger partial charge in [0.15, 0.2) is 5.43 Å². The van der Waals surface area contributed by atoms with Crippen LogP contribution in [0.25, 0.3) is 11.3 Å². The molecular weight excluding hydrogens is 432 g/mol. The first-order chi connectivity index (χ1) is 16.0. The second-order valence-corrected chi connectivity index (χ2v) is 10.3. The lowest BCUT2D eigenvalue weighted by molar-refractivity contribution is -0.0800. The summed E-state index contributed by atoms with van der Waals surface area (Å²) in [5.74, 6) is -0.401. The van der Waals surface area contributed by atoms with E-state index in [2.05, 4.69) is 45.6 Å². The van der Waals surface area contributed by atoms with Crippen molar-refractivity contribution >= 4 is 17.2 Å². The molecule has 4 rings (SSSR count). The zero-order valence-electron chi connectivity index (χ0n) is 20.8. The number of rotatable bonds is 4. The molecule has 0 bridgehead atoms. The number of carboxylic acids is 1. The van der Waals surface area contributed by atoms with Crippen LogP contribution in [0.4, 0.5) is 0 Å². The SMILES string of the molecule is CCC(C)=c1c(OC2COC2)ccc/c1=C1\c2cc(=O)c(C(=O)O)cn2C(C(C)(C)C)CN1C. The van der Waals surface area contributed by atoms with Crippen molar-refractivity contribution < 1.29 is 19.4 Å². The summed E-state index contributed by atoms with van der Waals surface area (Å²) >= 11 is 0. The Morgan fingerprint density at radius 2 is 1.97 bits per heavy atom. The first-order valence-corrected chi connectivity index (χ1v) is 11.8. The number of aromatic carboxylic acids is 1. The van der Waals surface area contributed by atoms with Crippen LogP contribution in [0, 0.1) is 5.41 Å². The highest BCUT2D eigenvalue weighted by atomic mass is 16.6. The zero-order valence-corrected chi connectivity index (χ0v) is 20.8. The van der Waals surface area contributed by atoms with Crippen molar-refractivity contribution in [2.24, 2.45) is 5.41 Å². The molecule has 182 valence electrons. The summed E-state index contributed by atoms with van der Waals surface area (Å²) in [4.78, 5) is 26.8. The predicted molar refractivity (Wildman–Crippen MR) is 132 cm³/mol. The minimum absolute atomic E-state index is 0.0128. The summed E-state index contributed by atoms with van der Waals surface area (Å²) in [6, 6.07) is 7.48. The molecule has 0 amide bonds. The molecule has 2 aliphatic rings. The number of carbonyl (C=O) groups is 1. The van der Waals surface area contributed by atoms with E-state index in [1.807, 2.05) is 23.7 Å². The van der Waals surface area contributed by atoms with Gasteiger partial charge in [0.1, 0.15) is 17.4 Å². The summed E-state index contributed by atoms with van der Waals surface area (Å²) < 4.78 is 13.6. The van der Waals surface area contributed by atoms with Crippen molar-refractivity contribution in [3.05, 3.63) is 62.4 Å². The predicted octanol–water partition coefficient (Wildman–Crippen LogP) is 2.59. The van der Waals surface area contributed by atoms with Crippen LogP contribution >= 0.6 is 0 Å². The van der Waals surface area contributed by atoms with Crippen LogP contribution in [0.1, 0.15) is 63.1 Å². The number of hydrogen-bond acceptors (Lipinski definition) is 5. The lowest BCUT2D eigenvalue weighted by Gasteiger charge is -2.43. The Hall–Kier alpha value is -3.06. The van der Waals surface area contributed by atoms with E-state index in [9.17, 15) is 14.7 Å². The van der Waals surface area contributed by atoms with Crippen LogP contribution in [0.15, 0.2) is 35.3 Å². The number of ether oxygens (including phenoxy) is 2. The minimum Gasteiger partial charge on any atom is -0.485 e. The monoisotopic (exact) mass is 466 g/mol. The molecule has 1 N–H and O–H groups in total. The molecule has 0 spiro atoms. The number of nitrogens with zero attached hydrogens (tertiary/aromatic N) is 2. The van der Waals surface area contributed by atoms with Crippen LogP contribution < -0.4 is 20.6 Å². The highest BCUT2D eigenvalue weighted by molar-refractivity contribution is 5.87. The molecular formula is C27H34N2O5. The van der Waals surface area contributed by atoms with Crippen molar-refractivity contribution in [2.45, 2.75) is 53.2 Å². The third-order valence-corrected chi connectivity index (χ3v) is 6.86. The first kappa shape index (κ1) is 24.1. The van der Waals surface area contributed by atoms with Crippen molar-refractivity contribution in [3.63, 3.8) is 0 Å². The molecule has 7 heteroatoms. The third kappa shape index (κ3) is 4.25. The number of hydrogen-bond donors (Lipinski definition) is 1. The summed E-state index contributed by atoms with van der Waals surface area (Å²) in [6.07, 6.45) is 2.40. The van der Waals surface area contributed by atoms with Gasteiger partial charge in [-0.3, -0.25) is 4.79 Å². The van der Waals surface area contributed by atoms with E-state index in [4.69, 9.17) is 9.47 Å². The van der Waals surface area contributed by atoms with E-state index >= 15 is 0 Å². The normalized spacial score (nSPS) is 21.0. The van der Waals surface area contributed by atoms with Crippen molar-refractivity contribution in [1.82, 2.24) is 9.47 Å². The fourth-order valence-electron chi connectivity index (χ4n) is 4.73. The number of aromatic nitrogens is 1.